The zero-order valence-corrected chi connectivity index (χ0v) is 23.0. The Morgan fingerprint density at radius 2 is 1.61 bits per heavy atom. The van der Waals surface area contributed by atoms with E-state index in [-0.39, 0.29) is 18.4 Å². The summed E-state index contributed by atoms with van der Waals surface area (Å²) in [6.07, 6.45) is 1.46. The maximum Gasteiger partial charge on any atom is 0.244 e. The van der Waals surface area contributed by atoms with E-state index >= 15 is 0 Å². The summed E-state index contributed by atoms with van der Waals surface area (Å²) in [6, 6.07) is 13.5. The van der Waals surface area contributed by atoms with Crippen molar-refractivity contribution in [3.05, 3.63) is 59.7 Å². The molecule has 0 radical (unpaired) electrons. The molecular weight excluding hydrogens is 478 g/mol. The topological polar surface area (TPSA) is 96.0 Å². The molecule has 0 aromatic heterocycles. The van der Waals surface area contributed by atoms with E-state index in [1.807, 2.05) is 58.9 Å². The van der Waals surface area contributed by atoms with Crippen LogP contribution in [0.25, 0.3) is 0 Å². The maximum absolute atomic E-state index is 13.7. The fourth-order valence-corrected chi connectivity index (χ4v) is 4.57. The van der Waals surface area contributed by atoms with Crippen molar-refractivity contribution in [1.82, 2.24) is 10.2 Å². The van der Waals surface area contributed by atoms with Gasteiger partial charge in [-0.05, 0) is 56.0 Å². The summed E-state index contributed by atoms with van der Waals surface area (Å²) in [5, 5.41) is 2.92. The molecule has 2 rings (SSSR count). The van der Waals surface area contributed by atoms with Crippen molar-refractivity contribution in [3.63, 3.8) is 0 Å². The zero-order valence-electron chi connectivity index (χ0n) is 22.2. The van der Waals surface area contributed by atoms with Crippen LogP contribution in [0.15, 0.2) is 48.5 Å². The number of benzene rings is 2. The molecule has 0 spiro atoms. The van der Waals surface area contributed by atoms with Gasteiger partial charge < -0.3 is 15.0 Å². The van der Waals surface area contributed by atoms with Crippen LogP contribution in [-0.4, -0.2) is 57.1 Å². The molecule has 0 heterocycles. The lowest BCUT2D eigenvalue weighted by molar-refractivity contribution is -0.140. The minimum atomic E-state index is -3.78. The molecule has 0 aliphatic heterocycles. The number of nitrogens with zero attached hydrogens (tertiary/aromatic N) is 2. The van der Waals surface area contributed by atoms with E-state index in [2.05, 4.69) is 5.32 Å². The van der Waals surface area contributed by atoms with Crippen molar-refractivity contribution in [2.24, 2.45) is 5.92 Å². The average Bonchev–Trinajstić information content (AvgIpc) is 2.82. The molecule has 2 aromatic rings. The van der Waals surface area contributed by atoms with Gasteiger partial charge in [-0.25, -0.2) is 8.42 Å². The van der Waals surface area contributed by atoms with E-state index in [9.17, 15) is 18.0 Å². The number of rotatable bonds is 13. The quantitative estimate of drug-likeness (QED) is 0.437. The summed E-state index contributed by atoms with van der Waals surface area (Å²) < 4.78 is 31.9. The SMILES string of the molecule is CCOc1ccc(N(CC(=O)N(Cc2ccc(C)cc2)C(CC)C(=O)NCC(C)C)S(C)(=O)=O)cc1. The fraction of sp³-hybridized carbons (Fsp3) is 0.481. The molecule has 1 unspecified atom stereocenters. The highest BCUT2D eigenvalue weighted by Crippen LogP contribution is 2.23. The molecule has 0 saturated carbocycles. The molecule has 2 aromatic carbocycles. The van der Waals surface area contributed by atoms with Gasteiger partial charge in [0.05, 0.1) is 18.6 Å². The number of amides is 2. The summed E-state index contributed by atoms with van der Waals surface area (Å²) >= 11 is 0. The van der Waals surface area contributed by atoms with Crippen molar-refractivity contribution in [2.45, 2.75) is 53.6 Å². The molecular formula is C27H39N3O5S. The smallest absolute Gasteiger partial charge is 0.244 e. The van der Waals surface area contributed by atoms with Gasteiger partial charge in [-0.2, -0.15) is 0 Å². The Morgan fingerprint density at radius 1 is 1.00 bits per heavy atom. The van der Waals surface area contributed by atoms with E-state index < -0.39 is 28.5 Å². The van der Waals surface area contributed by atoms with E-state index in [1.165, 1.54) is 4.90 Å². The van der Waals surface area contributed by atoms with Crippen LogP contribution in [0.3, 0.4) is 0 Å². The van der Waals surface area contributed by atoms with E-state index in [4.69, 9.17) is 4.74 Å². The first-order valence-corrected chi connectivity index (χ1v) is 14.1. The normalized spacial score (nSPS) is 12.2. The third-order valence-corrected chi connectivity index (χ3v) is 6.80. The van der Waals surface area contributed by atoms with Gasteiger partial charge in [0.15, 0.2) is 0 Å². The van der Waals surface area contributed by atoms with Crippen molar-refractivity contribution >= 4 is 27.5 Å². The van der Waals surface area contributed by atoms with Gasteiger partial charge in [0.2, 0.25) is 21.8 Å². The summed E-state index contributed by atoms with van der Waals surface area (Å²) in [7, 11) is -3.78. The number of nitrogens with one attached hydrogen (secondary N) is 1. The highest BCUT2D eigenvalue weighted by Gasteiger charge is 2.31. The first kappa shape index (κ1) is 29.2. The molecule has 1 N–H and O–H groups in total. The molecule has 8 nitrogen and oxygen atoms in total. The van der Waals surface area contributed by atoms with E-state index in [1.54, 1.807) is 24.3 Å². The molecule has 0 aliphatic carbocycles. The molecule has 0 saturated heterocycles. The summed E-state index contributed by atoms with van der Waals surface area (Å²) in [4.78, 5) is 28.2. The number of hydrogen-bond donors (Lipinski definition) is 1. The van der Waals surface area contributed by atoms with Gasteiger partial charge in [0.25, 0.3) is 0 Å². The van der Waals surface area contributed by atoms with Crippen molar-refractivity contribution in [2.75, 3.05) is 30.3 Å². The Kier molecular flexibility index (Phi) is 10.8. The average molecular weight is 518 g/mol. The first-order valence-electron chi connectivity index (χ1n) is 12.3. The van der Waals surface area contributed by atoms with E-state index in [0.29, 0.717) is 31.0 Å². The first-order chi connectivity index (χ1) is 17.0. The lowest BCUT2D eigenvalue weighted by atomic mass is 10.1. The second kappa shape index (κ2) is 13.3. The van der Waals surface area contributed by atoms with Crippen LogP contribution in [0, 0.1) is 12.8 Å². The lowest BCUT2D eigenvalue weighted by Gasteiger charge is -2.33. The molecule has 36 heavy (non-hydrogen) atoms. The van der Waals surface area contributed by atoms with Crippen LogP contribution in [0.1, 0.15) is 45.2 Å². The van der Waals surface area contributed by atoms with E-state index in [0.717, 1.165) is 21.7 Å². The van der Waals surface area contributed by atoms with Crippen molar-refractivity contribution < 1.29 is 22.7 Å². The molecule has 198 valence electrons. The van der Waals surface area contributed by atoms with Gasteiger partial charge >= 0.3 is 0 Å². The molecule has 2 amide bonds. The van der Waals surface area contributed by atoms with Crippen molar-refractivity contribution in [1.29, 1.82) is 0 Å². The predicted molar refractivity (Wildman–Crippen MR) is 143 cm³/mol. The van der Waals surface area contributed by atoms with Crippen LogP contribution in [-0.2, 0) is 26.2 Å². The van der Waals surface area contributed by atoms with Gasteiger partial charge in [-0.15, -0.1) is 0 Å². The van der Waals surface area contributed by atoms with Gasteiger partial charge in [-0.3, -0.25) is 13.9 Å². The maximum atomic E-state index is 13.7. The Balaban J connectivity index is 2.39. The summed E-state index contributed by atoms with van der Waals surface area (Å²) in [6.45, 7) is 10.4. The third kappa shape index (κ3) is 8.55. The number of aryl methyl sites for hydroxylation is 1. The third-order valence-electron chi connectivity index (χ3n) is 5.66. The summed E-state index contributed by atoms with van der Waals surface area (Å²) in [5.41, 5.74) is 2.29. The number of ether oxygens (including phenoxy) is 1. The number of hydrogen-bond acceptors (Lipinski definition) is 5. The van der Waals surface area contributed by atoms with Crippen LogP contribution in [0.4, 0.5) is 5.69 Å². The van der Waals surface area contributed by atoms with Crippen molar-refractivity contribution in [3.8, 4) is 5.75 Å². The molecule has 1 atom stereocenters. The second-order valence-corrected chi connectivity index (χ2v) is 11.2. The largest absolute Gasteiger partial charge is 0.494 e. The monoisotopic (exact) mass is 517 g/mol. The minimum Gasteiger partial charge on any atom is -0.494 e. The highest BCUT2D eigenvalue weighted by atomic mass is 32.2. The number of carbonyl (C=O) groups is 2. The highest BCUT2D eigenvalue weighted by molar-refractivity contribution is 7.92. The number of carbonyl (C=O) groups excluding carboxylic acids is 2. The Bertz CT molecular complexity index is 1100. The lowest BCUT2D eigenvalue weighted by Crippen LogP contribution is -2.52. The molecule has 0 fully saturated rings. The van der Waals surface area contributed by atoms with Gasteiger partial charge in [-0.1, -0.05) is 50.6 Å². The Hall–Kier alpha value is -3.07. The standard InChI is InChI=1S/C27H39N3O5S/c1-7-25(27(32)28-17-20(3)4)29(18-22-11-9-21(5)10-12-22)26(31)19-30(36(6,33)34)23-13-15-24(16-14-23)35-8-2/h9-16,20,25H,7-8,17-19H2,1-6H3,(H,28,32). The fourth-order valence-electron chi connectivity index (χ4n) is 3.72. The van der Waals surface area contributed by atoms with Gasteiger partial charge in [0.1, 0.15) is 18.3 Å². The number of sulfonamides is 1. The van der Waals surface area contributed by atoms with Gasteiger partial charge in [0, 0.05) is 13.1 Å². The number of anilines is 1. The predicted octanol–water partition coefficient (Wildman–Crippen LogP) is 3.74. The molecule has 0 aliphatic rings. The molecule has 0 bridgehead atoms. The Morgan fingerprint density at radius 3 is 2.11 bits per heavy atom. The van der Waals surface area contributed by atoms with Crippen LogP contribution in [0.5, 0.6) is 5.75 Å². The minimum absolute atomic E-state index is 0.188. The zero-order chi connectivity index (χ0) is 26.9. The second-order valence-electron chi connectivity index (χ2n) is 9.27. The van der Waals surface area contributed by atoms with Crippen LogP contribution >= 0.6 is 0 Å². The Labute approximate surface area is 215 Å². The van der Waals surface area contributed by atoms with Crippen LogP contribution < -0.4 is 14.4 Å². The van der Waals surface area contributed by atoms with Crippen LogP contribution in [0.2, 0.25) is 0 Å². The summed E-state index contributed by atoms with van der Waals surface area (Å²) in [5.74, 6) is 0.156. The molecule has 9 heteroatoms.